The van der Waals surface area contributed by atoms with E-state index in [0.29, 0.717) is 38.2 Å². The summed E-state index contributed by atoms with van der Waals surface area (Å²) in [5.41, 5.74) is 2.05. The molecule has 5 rings (SSSR count). The number of rotatable bonds is 6. The lowest BCUT2D eigenvalue weighted by molar-refractivity contribution is -0.384. The van der Waals surface area contributed by atoms with Crippen LogP contribution in [0.1, 0.15) is 24.0 Å². The molecule has 2 atom stereocenters. The van der Waals surface area contributed by atoms with Gasteiger partial charge in [-0.2, -0.15) is 0 Å². The maximum absolute atomic E-state index is 14.1. The molecule has 3 heterocycles. The van der Waals surface area contributed by atoms with Crippen LogP contribution in [0, 0.1) is 21.8 Å². The first-order chi connectivity index (χ1) is 17.4. The molecule has 36 heavy (non-hydrogen) atoms. The van der Waals surface area contributed by atoms with Crippen LogP contribution in [0.2, 0.25) is 0 Å². The van der Waals surface area contributed by atoms with E-state index in [-0.39, 0.29) is 35.9 Å². The second-order valence-corrected chi connectivity index (χ2v) is 9.77. The normalized spacial score (nSPS) is 21.6. The Morgan fingerprint density at radius 1 is 1.08 bits per heavy atom. The highest BCUT2D eigenvalue weighted by molar-refractivity contribution is 5.82. The van der Waals surface area contributed by atoms with Gasteiger partial charge in [-0.1, -0.05) is 18.2 Å². The average molecular weight is 496 g/mol. The summed E-state index contributed by atoms with van der Waals surface area (Å²) in [7, 11) is 0. The molecule has 1 N–H and O–H groups in total. The lowest BCUT2D eigenvalue weighted by atomic mass is 9.83. The van der Waals surface area contributed by atoms with Crippen molar-refractivity contribution in [1.29, 1.82) is 0 Å². The van der Waals surface area contributed by atoms with Gasteiger partial charge in [-0.3, -0.25) is 24.6 Å². The Morgan fingerprint density at radius 3 is 2.61 bits per heavy atom. The number of nitrogens with one attached hydrogen (secondary N) is 1. The maximum Gasteiger partial charge on any atom is 0.269 e. The van der Waals surface area contributed by atoms with E-state index in [0.717, 1.165) is 37.2 Å². The highest BCUT2D eigenvalue weighted by Gasteiger charge is 2.42. The van der Waals surface area contributed by atoms with Crippen molar-refractivity contribution in [2.75, 3.05) is 44.2 Å². The van der Waals surface area contributed by atoms with E-state index in [1.54, 1.807) is 30.3 Å². The van der Waals surface area contributed by atoms with Crippen molar-refractivity contribution in [3.8, 4) is 0 Å². The predicted octanol–water partition coefficient (Wildman–Crippen LogP) is 2.34. The van der Waals surface area contributed by atoms with E-state index in [1.807, 2.05) is 4.90 Å². The molecule has 2 aromatic rings. The molecule has 0 unspecified atom stereocenters. The first kappa shape index (κ1) is 24.2. The van der Waals surface area contributed by atoms with Gasteiger partial charge < -0.3 is 15.1 Å². The van der Waals surface area contributed by atoms with E-state index < -0.39 is 10.8 Å². The monoisotopic (exact) mass is 495 g/mol. The summed E-state index contributed by atoms with van der Waals surface area (Å²) in [6.07, 6.45) is 2.42. The fourth-order valence-corrected chi connectivity index (χ4v) is 5.64. The van der Waals surface area contributed by atoms with Gasteiger partial charge in [0.15, 0.2) is 0 Å². The van der Waals surface area contributed by atoms with Crippen molar-refractivity contribution in [2.24, 2.45) is 5.92 Å². The minimum atomic E-state index is -0.490. The van der Waals surface area contributed by atoms with E-state index in [4.69, 9.17) is 0 Å². The second kappa shape index (κ2) is 10.2. The Kier molecular flexibility index (Phi) is 6.86. The van der Waals surface area contributed by atoms with E-state index in [9.17, 15) is 24.1 Å². The molecule has 0 spiro atoms. The van der Waals surface area contributed by atoms with Gasteiger partial charge in [-0.25, -0.2) is 4.39 Å². The predicted molar refractivity (Wildman–Crippen MR) is 132 cm³/mol. The number of hydrogen-bond donors (Lipinski definition) is 1. The number of hydrogen-bond acceptors (Lipinski definition) is 6. The van der Waals surface area contributed by atoms with Crippen LogP contribution in [0.3, 0.4) is 0 Å². The van der Waals surface area contributed by atoms with Crippen LogP contribution in [0.4, 0.5) is 15.8 Å². The number of carbonyl (C=O) groups excluding carboxylic acids is 2. The Balaban J connectivity index is 1.36. The summed E-state index contributed by atoms with van der Waals surface area (Å²) >= 11 is 0. The van der Waals surface area contributed by atoms with Crippen LogP contribution in [0.15, 0.2) is 42.5 Å². The van der Waals surface area contributed by atoms with Crippen LogP contribution in [0.25, 0.3) is 0 Å². The zero-order valence-corrected chi connectivity index (χ0v) is 20.1. The van der Waals surface area contributed by atoms with Gasteiger partial charge in [0.25, 0.3) is 5.69 Å². The quantitative estimate of drug-likeness (QED) is 0.488. The number of fused-ring (bicyclic) bond motifs is 3. The summed E-state index contributed by atoms with van der Waals surface area (Å²) in [6.45, 7) is 3.79. The summed E-state index contributed by atoms with van der Waals surface area (Å²) < 4.78 is 14.1. The minimum absolute atomic E-state index is 0.00689. The Bertz CT molecular complexity index is 1170. The smallest absolute Gasteiger partial charge is 0.269 e. The Hall–Kier alpha value is -3.53. The zero-order chi connectivity index (χ0) is 25.2. The molecule has 190 valence electrons. The molecule has 0 bridgehead atoms. The SMILES string of the molecule is O=C(NCc1ccccc1F)[C@@H]1Cc2cc([N+](=O)[O-])ccc2N2CCN(CC(=O)N3CCCC3)C[C@H]12. The number of amides is 2. The molecule has 2 aromatic carbocycles. The number of benzene rings is 2. The van der Waals surface area contributed by atoms with E-state index in [1.165, 1.54) is 12.1 Å². The lowest BCUT2D eigenvalue weighted by Gasteiger charge is -2.49. The van der Waals surface area contributed by atoms with Gasteiger partial charge in [0, 0.05) is 62.7 Å². The van der Waals surface area contributed by atoms with Gasteiger partial charge in [0.2, 0.25) is 11.8 Å². The van der Waals surface area contributed by atoms with Crippen LogP contribution in [-0.2, 0) is 22.6 Å². The number of halogens is 1. The van der Waals surface area contributed by atoms with Crippen molar-refractivity contribution in [3.05, 3.63) is 69.5 Å². The molecule has 3 aliphatic rings. The number of carbonyl (C=O) groups is 2. The number of nitro benzene ring substituents is 1. The minimum Gasteiger partial charge on any atom is -0.365 e. The molecule has 9 nitrogen and oxygen atoms in total. The molecular weight excluding hydrogens is 465 g/mol. The van der Waals surface area contributed by atoms with Crippen molar-refractivity contribution >= 4 is 23.2 Å². The molecule has 0 aromatic heterocycles. The molecule has 2 amide bonds. The topological polar surface area (TPSA) is 99.0 Å². The van der Waals surface area contributed by atoms with Crippen LogP contribution in [0.5, 0.6) is 0 Å². The summed E-state index contributed by atoms with van der Waals surface area (Å²) in [5.74, 6) is -0.976. The van der Waals surface area contributed by atoms with Crippen molar-refractivity contribution in [2.45, 2.75) is 31.8 Å². The lowest BCUT2D eigenvalue weighted by Crippen LogP contribution is -2.62. The number of likely N-dealkylation sites (tertiary alicyclic amines) is 1. The molecule has 0 radical (unpaired) electrons. The summed E-state index contributed by atoms with van der Waals surface area (Å²) in [5, 5.41) is 14.2. The molecule has 10 heteroatoms. The molecule has 3 aliphatic heterocycles. The maximum atomic E-state index is 14.1. The van der Waals surface area contributed by atoms with Crippen molar-refractivity contribution < 1.29 is 18.9 Å². The van der Waals surface area contributed by atoms with Crippen LogP contribution >= 0.6 is 0 Å². The zero-order valence-electron chi connectivity index (χ0n) is 20.1. The van der Waals surface area contributed by atoms with E-state index >= 15 is 0 Å². The third-order valence-electron chi connectivity index (χ3n) is 7.56. The van der Waals surface area contributed by atoms with Gasteiger partial charge >= 0.3 is 0 Å². The molecule has 2 fully saturated rings. The summed E-state index contributed by atoms with van der Waals surface area (Å²) in [4.78, 5) is 43.3. The molecule has 0 aliphatic carbocycles. The van der Waals surface area contributed by atoms with Gasteiger partial charge in [-0.15, -0.1) is 0 Å². The third-order valence-corrected chi connectivity index (χ3v) is 7.56. The number of non-ortho nitro benzene ring substituents is 1. The van der Waals surface area contributed by atoms with Gasteiger partial charge in [-0.05, 0) is 37.0 Å². The number of anilines is 1. The standard InChI is InChI=1S/C26H30FN5O4/c27-22-6-2-1-5-18(22)15-28-26(34)21-14-19-13-20(32(35)36)7-8-23(19)31-12-11-29(16-24(21)31)17-25(33)30-9-3-4-10-30/h1-2,5-8,13,21,24H,3-4,9-12,14-17H2,(H,28,34)/t21-,24-/m1/s1. The number of piperazine rings is 1. The third kappa shape index (κ3) is 4.90. The number of nitrogens with zero attached hydrogens (tertiary/aromatic N) is 4. The van der Waals surface area contributed by atoms with Crippen molar-refractivity contribution in [1.82, 2.24) is 15.1 Å². The van der Waals surface area contributed by atoms with Gasteiger partial charge in [0.05, 0.1) is 23.4 Å². The Labute approximate surface area is 209 Å². The molecule has 2 saturated heterocycles. The largest absolute Gasteiger partial charge is 0.365 e. The van der Waals surface area contributed by atoms with Gasteiger partial charge in [0.1, 0.15) is 5.82 Å². The first-order valence-electron chi connectivity index (χ1n) is 12.5. The number of nitro groups is 1. The van der Waals surface area contributed by atoms with Crippen LogP contribution in [-0.4, -0.2) is 71.8 Å². The highest BCUT2D eigenvalue weighted by atomic mass is 19.1. The highest BCUT2D eigenvalue weighted by Crippen LogP contribution is 2.38. The van der Waals surface area contributed by atoms with Crippen LogP contribution < -0.4 is 10.2 Å². The molecule has 0 saturated carbocycles. The average Bonchev–Trinajstić information content (AvgIpc) is 3.42. The first-order valence-corrected chi connectivity index (χ1v) is 12.5. The molecular formula is C26H30FN5O4. The Morgan fingerprint density at radius 2 is 1.86 bits per heavy atom. The summed E-state index contributed by atoms with van der Waals surface area (Å²) in [6, 6.07) is 10.9. The fourth-order valence-electron chi connectivity index (χ4n) is 5.64. The van der Waals surface area contributed by atoms with Crippen molar-refractivity contribution in [3.63, 3.8) is 0 Å². The second-order valence-electron chi connectivity index (χ2n) is 9.77. The fraction of sp³-hybridized carbons (Fsp3) is 0.462. The van der Waals surface area contributed by atoms with E-state index in [2.05, 4.69) is 15.1 Å².